The summed E-state index contributed by atoms with van der Waals surface area (Å²) in [5.41, 5.74) is 0. The molecule has 8 heteroatoms. The number of rotatable bonds is 5. The van der Waals surface area contributed by atoms with E-state index in [9.17, 15) is 24.0 Å². The highest BCUT2D eigenvalue weighted by molar-refractivity contribution is 6.02. The average molecular weight is 382 g/mol. The van der Waals surface area contributed by atoms with E-state index < -0.39 is 54.1 Å². The second-order valence-electron chi connectivity index (χ2n) is 7.27. The second-order valence-corrected chi connectivity index (χ2v) is 7.27. The van der Waals surface area contributed by atoms with Crippen molar-refractivity contribution in [3.05, 3.63) is 0 Å². The molecule has 1 aliphatic rings. The zero-order valence-corrected chi connectivity index (χ0v) is 16.6. The summed E-state index contributed by atoms with van der Waals surface area (Å²) in [5.74, 6) is -3.79. The molecule has 1 aliphatic heterocycles. The van der Waals surface area contributed by atoms with Crippen LogP contribution in [0.5, 0.6) is 0 Å². The molecule has 1 rings (SSSR count). The summed E-state index contributed by atoms with van der Waals surface area (Å²) in [6, 6.07) is -1.85. The summed E-state index contributed by atoms with van der Waals surface area (Å²) in [5, 5.41) is 5.26. The van der Waals surface area contributed by atoms with Gasteiger partial charge in [-0.1, -0.05) is 47.5 Å². The van der Waals surface area contributed by atoms with E-state index in [1.807, 2.05) is 13.8 Å². The van der Waals surface area contributed by atoms with Gasteiger partial charge >= 0.3 is 5.97 Å². The maximum Gasteiger partial charge on any atom is 0.329 e. The molecule has 0 aliphatic carbocycles. The van der Waals surface area contributed by atoms with Gasteiger partial charge in [0.25, 0.3) is 0 Å². The smallest absolute Gasteiger partial charge is 0.329 e. The molecule has 27 heavy (non-hydrogen) atoms. The fraction of sp³-hybridized carbons (Fsp3) is 0.737. The van der Waals surface area contributed by atoms with Gasteiger partial charge < -0.3 is 15.4 Å². The molecule has 0 spiro atoms. The average Bonchev–Trinajstić information content (AvgIpc) is 2.65. The van der Waals surface area contributed by atoms with Crippen LogP contribution < -0.4 is 10.6 Å². The van der Waals surface area contributed by atoms with E-state index in [1.54, 1.807) is 13.8 Å². The van der Waals surface area contributed by atoms with Crippen LogP contribution in [0.1, 0.15) is 53.9 Å². The number of carbonyl (C=O) groups is 5. The molecule has 0 aromatic heterocycles. The highest BCUT2D eigenvalue weighted by Gasteiger charge is 2.37. The fourth-order valence-corrected chi connectivity index (χ4v) is 2.80. The molecule has 152 valence electrons. The summed E-state index contributed by atoms with van der Waals surface area (Å²) < 4.78 is 5.22. The summed E-state index contributed by atoms with van der Waals surface area (Å²) in [6.45, 7) is 8.76. The Hall–Kier alpha value is -2.25. The predicted molar refractivity (Wildman–Crippen MR) is 97.5 cm³/mol. The van der Waals surface area contributed by atoms with Crippen LogP contribution in [0.15, 0.2) is 0 Å². The lowest BCUT2D eigenvalue weighted by molar-refractivity contribution is -0.161. The molecule has 0 radical (unpaired) electrons. The minimum atomic E-state index is -1.30. The highest BCUT2D eigenvalue weighted by atomic mass is 16.5. The second kappa shape index (κ2) is 10.2. The molecule has 6 atom stereocenters. The van der Waals surface area contributed by atoms with Crippen molar-refractivity contribution in [3.8, 4) is 0 Å². The summed E-state index contributed by atoms with van der Waals surface area (Å²) in [4.78, 5) is 61.3. The van der Waals surface area contributed by atoms with E-state index in [2.05, 4.69) is 10.6 Å². The molecule has 2 amide bonds. The number of cyclic esters (lactones) is 1. The van der Waals surface area contributed by atoms with Crippen molar-refractivity contribution < 1.29 is 28.7 Å². The van der Waals surface area contributed by atoms with Crippen LogP contribution in [-0.4, -0.2) is 48.0 Å². The van der Waals surface area contributed by atoms with Crippen LogP contribution in [0, 0.1) is 17.8 Å². The van der Waals surface area contributed by atoms with Crippen molar-refractivity contribution >= 4 is 29.9 Å². The molecule has 2 N–H and O–H groups in total. The predicted octanol–water partition coefficient (Wildman–Crippen LogP) is 0.768. The molecule has 0 bridgehead atoms. The summed E-state index contributed by atoms with van der Waals surface area (Å²) in [7, 11) is 0. The number of Topliss-reactive ketones (excluding diaryl/α,β-unsaturated/α-hetero) is 1. The first kappa shape index (κ1) is 22.8. The van der Waals surface area contributed by atoms with Crippen molar-refractivity contribution in [1.82, 2.24) is 10.6 Å². The van der Waals surface area contributed by atoms with Crippen molar-refractivity contribution in [3.63, 3.8) is 0 Å². The standard InChI is InChI=1S/C19H30N2O6/c1-6-10(3)16-18(25)21-17(11(4)7-2)19(26)27-14(9-22)12(5)13(23)8-15(24)20-16/h9-12,14,16-17H,6-8H2,1-5H3,(H,20,24)(H,21,25)/t10-,11-,12-,14+,16+,17-/m0/s1. The minimum Gasteiger partial charge on any atom is -0.452 e. The third-order valence-electron chi connectivity index (χ3n) is 5.30. The van der Waals surface area contributed by atoms with Crippen molar-refractivity contribution in [2.24, 2.45) is 17.8 Å². The molecule has 1 fully saturated rings. The Labute approximate surface area is 159 Å². The number of aldehydes is 1. The van der Waals surface area contributed by atoms with Gasteiger partial charge in [-0.3, -0.25) is 19.2 Å². The van der Waals surface area contributed by atoms with Crippen molar-refractivity contribution in [1.29, 1.82) is 0 Å². The van der Waals surface area contributed by atoms with Gasteiger partial charge in [-0.25, -0.2) is 4.79 Å². The van der Waals surface area contributed by atoms with Crippen molar-refractivity contribution in [2.75, 3.05) is 0 Å². The van der Waals surface area contributed by atoms with Crippen LogP contribution in [0.25, 0.3) is 0 Å². The molecular weight excluding hydrogens is 352 g/mol. The Morgan fingerprint density at radius 3 is 2.11 bits per heavy atom. The number of ether oxygens (including phenoxy) is 1. The molecule has 1 saturated heterocycles. The molecule has 8 nitrogen and oxygen atoms in total. The molecule has 0 aromatic carbocycles. The normalized spacial score (nSPS) is 30.1. The fourth-order valence-electron chi connectivity index (χ4n) is 2.80. The van der Waals surface area contributed by atoms with Gasteiger partial charge in [0.15, 0.2) is 12.4 Å². The first-order chi connectivity index (χ1) is 12.7. The Morgan fingerprint density at radius 1 is 1.04 bits per heavy atom. The maximum atomic E-state index is 12.8. The number of carbonyl (C=O) groups excluding carboxylic acids is 5. The molecule has 0 aromatic rings. The van der Waals surface area contributed by atoms with E-state index in [0.717, 1.165) is 0 Å². The lowest BCUT2D eigenvalue weighted by atomic mass is 9.93. The van der Waals surface area contributed by atoms with Gasteiger partial charge in [-0.15, -0.1) is 0 Å². The third kappa shape index (κ3) is 5.87. The number of ketones is 1. The first-order valence-electron chi connectivity index (χ1n) is 9.44. The molecule has 0 saturated carbocycles. The third-order valence-corrected chi connectivity index (χ3v) is 5.30. The van der Waals surface area contributed by atoms with E-state index in [4.69, 9.17) is 4.74 Å². The highest BCUT2D eigenvalue weighted by Crippen LogP contribution is 2.17. The maximum absolute atomic E-state index is 12.8. The number of nitrogens with one attached hydrogen (secondary N) is 2. The Kier molecular flexibility index (Phi) is 8.59. The lowest BCUT2D eigenvalue weighted by Gasteiger charge is -2.30. The van der Waals surface area contributed by atoms with Gasteiger partial charge in [-0.2, -0.15) is 0 Å². The molecule has 1 heterocycles. The largest absolute Gasteiger partial charge is 0.452 e. The minimum absolute atomic E-state index is 0.194. The zero-order chi connectivity index (χ0) is 20.7. The number of hydrogen-bond donors (Lipinski definition) is 2. The number of esters is 1. The van der Waals surface area contributed by atoms with Gasteiger partial charge in [0.2, 0.25) is 11.8 Å². The molecular formula is C19H30N2O6. The van der Waals surface area contributed by atoms with E-state index >= 15 is 0 Å². The van der Waals surface area contributed by atoms with Crippen LogP contribution in [0.4, 0.5) is 0 Å². The van der Waals surface area contributed by atoms with Crippen LogP contribution in [-0.2, 0) is 28.7 Å². The van der Waals surface area contributed by atoms with E-state index in [1.165, 1.54) is 6.92 Å². The number of amides is 2. The Morgan fingerprint density at radius 2 is 1.59 bits per heavy atom. The van der Waals surface area contributed by atoms with Gasteiger partial charge in [0.1, 0.15) is 17.9 Å². The Balaban J connectivity index is 3.28. The SMILES string of the molecule is CC[C@H](C)[C@@H]1NC(=O)[C@@H]([C@@H](C)CC)NC(=O)CC(=O)[C@H](C)[C@@H](C=O)OC1=O. The number of hydrogen-bond acceptors (Lipinski definition) is 6. The van der Waals surface area contributed by atoms with E-state index in [-0.39, 0.29) is 11.8 Å². The van der Waals surface area contributed by atoms with Crippen LogP contribution in [0.3, 0.4) is 0 Å². The first-order valence-corrected chi connectivity index (χ1v) is 9.44. The topological polar surface area (TPSA) is 119 Å². The zero-order valence-electron chi connectivity index (χ0n) is 16.6. The lowest BCUT2D eigenvalue weighted by Crippen LogP contribution is -2.57. The Bertz CT molecular complexity index is 591. The van der Waals surface area contributed by atoms with Crippen LogP contribution >= 0.6 is 0 Å². The van der Waals surface area contributed by atoms with E-state index in [0.29, 0.717) is 19.1 Å². The van der Waals surface area contributed by atoms with Crippen molar-refractivity contribution in [2.45, 2.75) is 72.1 Å². The van der Waals surface area contributed by atoms with Gasteiger partial charge in [0, 0.05) is 0 Å². The summed E-state index contributed by atoms with van der Waals surface area (Å²) in [6.07, 6.45) is -0.208. The van der Waals surface area contributed by atoms with Crippen LogP contribution in [0.2, 0.25) is 0 Å². The molecule has 0 unspecified atom stereocenters. The summed E-state index contributed by atoms with van der Waals surface area (Å²) >= 11 is 0. The van der Waals surface area contributed by atoms with Gasteiger partial charge in [0.05, 0.1) is 12.3 Å². The van der Waals surface area contributed by atoms with Gasteiger partial charge in [-0.05, 0) is 11.8 Å². The quantitative estimate of drug-likeness (QED) is 0.412. The monoisotopic (exact) mass is 382 g/mol.